The molecule has 0 aliphatic carbocycles. The molecule has 1 aliphatic rings. The van der Waals surface area contributed by atoms with Crippen molar-refractivity contribution in [3.63, 3.8) is 0 Å². The van der Waals surface area contributed by atoms with Gasteiger partial charge in [0, 0.05) is 12.5 Å². The third-order valence-corrected chi connectivity index (χ3v) is 3.25. The van der Waals surface area contributed by atoms with E-state index in [-0.39, 0.29) is 11.6 Å². The minimum absolute atomic E-state index is 0.190. The number of nitrogens with two attached hydrogens (primary N) is 1. The first-order valence-corrected chi connectivity index (χ1v) is 6.61. The number of nitrogens with one attached hydrogen (secondary N) is 1. The highest BCUT2D eigenvalue weighted by Crippen LogP contribution is 2.19. The summed E-state index contributed by atoms with van der Waals surface area (Å²) < 4.78 is 23.7. The van der Waals surface area contributed by atoms with E-state index in [1.807, 2.05) is 0 Å². The van der Waals surface area contributed by atoms with Crippen LogP contribution in [-0.2, 0) is 14.3 Å². The number of ether oxygens (including phenoxy) is 2. The van der Waals surface area contributed by atoms with Crippen molar-refractivity contribution < 1.29 is 18.7 Å². The van der Waals surface area contributed by atoms with Gasteiger partial charge in [-0.05, 0) is 31.5 Å². The molecule has 1 aromatic rings. The standard InChI is InChI=1S/C14H19FN2O3/c1-9(20-8-10-4-5-19-7-10)14(18)17-13-3-2-11(15)6-12(13)16/h2-3,6,9-10H,4-5,7-8,16H2,1H3,(H,17,18). The summed E-state index contributed by atoms with van der Waals surface area (Å²) in [5.74, 6) is -0.394. The highest BCUT2D eigenvalue weighted by Gasteiger charge is 2.20. The van der Waals surface area contributed by atoms with Crippen LogP contribution in [0, 0.1) is 11.7 Å². The topological polar surface area (TPSA) is 73.6 Å². The zero-order chi connectivity index (χ0) is 14.5. The molecular formula is C14H19FN2O3. The van der Waals surface area contributed by atoms with Crippen molar-refractivity contribution in [1.29, 1.82) is 0 Å². The maximum atomic E-state index is 12.9. The van der Waals surface area contributed by atoms with Crippen LogP contribution in [-0.4, -0.2) is 31.8 Å². The summed E-state index contributed by atoms with van der Waals surface area (Å²) in [6.07, 6.45) is 0.360. The Bertz CT molecular complexity index is 475. The molecule has 0 saturated carbocycles. The zero-order valence-corrected chi connectivity index (χ0v) is 11.4. The molecule has 0 bridgehead atoms. The van der Waals surface area contributed by atoms with Crippen LogP contribution < -0.4 is 11.1 Å². The van der Waals surface area contributed by atoms with Gasteiger partial charge < -0.3 is 20.5 Å². The minimum Gasteiger partial charge on any atom is -0.397 e. The van der Waals surface area contributed by atoms with Crippen LogP contribution in [0.15, 0.2) is 18.2 Å². The number of benzene rings is 1. The normalized spacial score (nSPS) is 19.8. The Balaban J connectivity index is 1.83. The van der Waals surface area contributed by atoms with Gasteiger partial charge in [-0.1, -0.05) is 0 Å². The molecule has 5 nitrogen and oxygen atoms in total. The molecule has 0 spiro atoms. The molecule has 1 aromatic carbocycles. The van der Waals surface area contributed by atoms with Crippen LogP contribution in [0.1, 0.15) is 13.3 Å². The quantitative estimate of drug-likeness (QED) is 0.807. The summed E-state index contributed by atoms with van der Waals surface area (Å²) in [4.78, 5) is 11.9. The zero-order valence-electron chi connectivity index (χ0n) is 11.4. The van der Waals surface area contributed by atoms with Crippen molar-refractivity contribution in [2.45, 2.75) is 19.4 Å². The molecule has 1 amide bonds. The van der Waals surface area contributed by atoms with Crippen LogP contribution in [0.25, 0.3) is 0 Å². The molecule has 6 heteroatoms. The van der Waals surface area contributed by atoms with Crippen molar-refractivity contribution >= 4 is 17.3 Å². The third kappa shape index (κ3) is 3.91. The first-order valence-electron chi connectivity index (χ1n) is 6.61. The fraction of sp³-hybridized carbons (Fsp3) is 0.500. The predicted molar refractivity (Wildman–Crippen MR) is 73.8 cm³/mol. The van der Waals surface area contributed by atoms with Gasteiger partial charge in [0.2, 0.25) is 0 Å². The van der Waals surface area contributed by atoms with Crippen LogP contribution in [0.4, 0.5) is 15.8 Å². The lowest BCUT2D eigenvalue weighted by Crippen LogP contribution is -2.29. The molecule has 20 heavy (non-hydrogen) atoms. The largest absolute Gasteiger partial charge is 0.397 e. The summed E-state index contributed by atoms with van der Waals surface area (Å²) in [5.41, 5.74) is 6.21. The van der Waals surface area contributed by atoms with E-state index in [0.29, 0.717) is 24.8 Å². The van der Waals surface area contributed by atoms with E-state index in [0.717, 1.165) is 19.1 Å². The second-order valence-electron chi connectivity index (χ2n) is 4.93. The van der Waals surface area contributed by atoms with Gasteiger partial charge in [0.25, 0.3) is 5.91 Å². The molecule has 0 aromatic heterocycles. The smallest absolute Gasteiger partial charge is 0.253 e. The average Bonchev–Trinajstić information content (AvgIpc) is 2.92. The van der Waals surface area contributed by atoms with Crippen molar-refractivity contribution in [3.8, 4) is 0 Å². The Labute approximate surface area is 117 Å². The average molecular weight is 282 g/mol. The molecule has 1 fully saturated rings. The van der Waals surface area contributed by atoms with E-state index >= 15 is 0 Å². The van der Waals surface area contributed by atoms with E-state index in [1.165, 1.54) is 12.1 Å². The van der Waals surface area contributed by atoms with Gasteiger partial charge in [0.15, 0.2) is 0 Å². The van der Waals surface area contributed by atoms with Crippen LogP contribution in [0.3, 0.4) is 0 Å². The van der Waals surface area contributed by atoms with Crippen molar-refractivity contribution in [3.05, 3.63) is 24.0 Å². The number of nitrogen functional groups attached to an aromatic ring is 1. The van der Waals surface area contributed by atoms with Gasteiger partial charge >= 0.3 is 0 Å². The Morgan fingerprint density at radius 1 is 1.65 bits per heavy atom. The van der Waals surface area contributed by atoms with Gasteiger partial charge in [0.05, 0.1) is 24.6 Å². The van der Waals surface area contributed by atoms with E-state index < -0.39 is 11.9 Å². The number of anilines is 2. The second-order valence-corrected chi connectivity index (χ2v) is 4.93. The summed E-state index contributed by atoms with van der Waals surface area (Å²) in [7, 11) is 0. The minimum atomic E-state index is -0.597. The van der Waals surface area contributed by atoms with Crippen molar-refractivity contribution in [2.75, 3.05) is 30.9 Å². The number of halogens is 1. The number of hydrogen-bond acceptors (Lipinski definition) is 4. The maximum absolute atomic E-state index is 12.9. The van der Waals surface area contributed by atoms with Gasteiger partial charge in [-0.2, -0.15) is 0 Å². The fourth-order valence-corrected chi connectivity index (χ4v) is 1.95. The summed E-state index contributed by atoms with van der Waals surface area (Å²) in [6, 6.07) is 3.84. The number of amides is 1. The summed E-state index contributed by atoms with van der Waals surface area (Å²) in [6.45, 7) is 3.60. The highest BCUT2D eigenvalue weighted by atomic mass is 19.1. The monoisotopic (exact) mass is 282 g/mol. The molecule has 1 saturated heterocycles. The third-order valence-electron chi connectivity index (χ3n) is 3.25. The van der Waals surface area contributed by atoms with Crippen LogP contribution in [0.5, 0.6) is 0 Å². The number of carbonyl (C=O) groups excluding carboxylic acids is 1. The van der Waals surface area contributed by atoms with E-state index in [2.05, 4.69) is 5.32 Å². The molecule has 2 unspecified atom stereocenters. The Morgan fingerprint density at radius 3 is 3.10 bits per heavy atom. The summed E-state index contributed by atoms with van der Waals surface area (Å²) in [5, 5.41) is 2.63. The molecule has 2 atom stereocenters. The lowest BCUT2D eigenvalue weighted by molar-refractivity contribution is -0.127. The molecule has 3 N–H and O–H groups in total. The highest BCUT2D eigenvalue weighted by molar-refractivity contribution is 5.96. The lowest BCUT2D eigenvalue weighted by atomic mass is 10.1. The molecule has 2 rings (SSSR count). The van der Waals surface area contributed by atoms with E-state index in [1.54, 1.807) is 6.92 Å². The maximum Gasteiger partial charge on any atom is 0.253 e. The fourth-order valence-electron chi connectivity index (χ4n) is 1.95. The van der Waals surface area contributed by atoms with Gasteiger partial charge in [-0.3, -0.25) is 4.79 Å². The van der Waals surface area contributed by atoms with Crippen molar-refractivity contribution in [2.24, 2.45) is 5.92 Å². The summed E-state index contributed by atoms with van der Waals surface area (Å²) >= 11 is 0. The van der Waals surface area contributed by atoms with Gasteiger partial charge in [-0.15, -0.1) is 0 Å². The Morgan fingerprint density at radius 2 is 2.45 bits per heavy atom. The Kier molecular flexibility index (Phi) is 4.92. The molecule has 1 heterocycles. The molecular weight excluding hydrogens is 263 g/mol. The number of hydrogen-bond donors (Lipinski definition) is 2. The lowest BCUT2D eigenvalue weighted by Gasteiger charge is -2.16. The van der Waals surface area contributed by atoms with E-state index in [9.17, 15) is 9.18 Å². The first kappa shape index (κ1) is 14.7. The van der Waals surface area contributed by atoms with Crippen LogP contribution >= 0.6 is 0 Å². The number of carbonyl (C=O) groups is 1. The molecule has 110 valence electrons. The Hall–Kier alpha value is -1.66. The molecule has 0 radical (unpaired) electrons. The van der Waals surface area contributed by atoms with Gasteiger partial charge in [-0.25, -0.2) is 4.39 Å². The predicted octanol–water partition coefficient (Wildman–Crippen LogP) is 1.79. The van der Waals surface area contributed by atoms with E-state index in [4.69, 9.17) is 15.2 Å². The second kappa shape index (κ2) is 6.67. The van der Waals surface area contributed by atoms with Gasteiger partial charge in [0.1, 0.15) is 11.9 Å². The number of rotatable bonds is 5. The van der Waals surface area contributed by atoms with Crippen molar-refractivity contribution in [1.82, 2.24) is 0 Å². The first-order chi connectivity index (χ1) is 9.56. The SMILES string of the molecule is CC(OCC1CCOC1)C(=O)Nc1ccc(F)cc1N. The molecule has 1 aliphatic heterocycles. The van der Waals surface area contributed by atoms with Crippen LogP contribution in [0.2, 0.25) is 0 Å².